The Morgan fingerprint density at radius 2 is 1.79 bits per heavy atom. The van der Waals surface area contributed by atoms with Crippen LogP contribution in [0.5, 0.6) is 11.5 Å². The highest BCUT2D eigenvalue weighted by atomic mass is 16.5. The Labute approximate surface area is 85.8 Å². The van der Waals surface area contributed by atoms with Crippen LogP contribution in [0, 0.1) is 0 Å². The smallest absolute Gasteiger partial charge is 0.161 e. The molecule has 0 spiro atoms. The molecule has 0 radical (unpaired) electrons. The Bertz CT molecular complexity index is 271. The van der Waals surface area contributed by atoms with Crippen LogP contribution in [0.15, 0.2) is 24.3 Å². The van der Waals surface area contributed by atoms with Gasteiger partial charge in [-0.1, -0.05) is 19.1 Å². The number of para-hydroxylation sites is 2. The van der Waals surface area contributed by atoms with Crippen LogP contribution in [0.1, 0.15) is 27.2 Å². The Balaban J connectivity index is 2.73. The van der Waals surface area contributed by atoms with Gasteiger partial charge in [0.2, 0.25) is 0 Å². The van der Waals surface area contributed by atoms with E-state index in [1.54, 1.807) is 0 Å². The third-order valence-electron chi connectivity index (χ3n) is 2.05. The predicted molar refractivity (Wildman–Crippen MR) is 58.0 cm³/mol. The monoisotopic (exact) mass is 194 g/mol. The van der Waals surface area contributed by atoms with Gasteiger partial charge >= 0.3 is 0 Å². The first-order valence-corrected chi connectivity index (χ1v) is 5.16. The van der Waals surface area contributed by atoms with Crippen LogP contribution >= 0.6 is 0 Å². The quantitative estimate of drug-likeness (QED) is 0.716. The largest absolute Gasteiger partial charge is 0.490 e. The molecular formula is C12H18O2. The van der Waals surface area contributed by atoms with Crippen molar-refractivity contribution in [1.29, 1.82) is 0 Å². The minimum atomic E-state index is 0.233. The molecule has 1 atom stereocenters. The molecule has 0 saturated carbocycles. The second kappa shape index (κ2) is 5.53. The van der Waals surface area contributed by atoms with Gasteiger partial charge in [-0.25, -0.2) is 0 Å². The van der Waals surface area contributed by atoms with E-state index in [1.165, 1.54) is 0 Å². The molecule has 0 bridgehead atoms. The zero-order valence-corrected chi connectivity index (χ0v) is 9.12. The lowest BCUT2D eigenvalue weighted by molar-refractivity contribution is 0.203. The zero-order valence-electron chi connectivity index (χ0n) is 9.12. The molecule has 0 aliphatic heterocycles. The van der Waals surface area contributed by atoms with Gasteiger partial charge in [-0.3, -0.25) is 0 Å². The lowest BCUT2D eigenvalue weighted by atomic mass is 10.3. The number of hydrogen-bond donors (Lipinski definition) is 0. The van der Waals surface area contributed by atoms with Crippen LogP contribution in [0.4, 0.5) is 0 Å². The van der Waals surface area contributed by atoms with E-state index in [-0.39, 0.29) is 6.10 Å². The minimum Gasteiger partial charge on any atom is -0.490 e. The van der Waals surface area contributed by atoms with Crippen LogP contribution < -0.4 is 9.47 Å². The first-order valence-electron chi connectivity index (χ1n) is 5.16. The van der Waals surface area contributed by atoms with Crippen molar-refractivity contribution in [3.05, 3.63) is 24.3 Å². The number of hydrogen-bond acceptors (Lipinski definition) is 2. The van der Waals surface area contributed by atoms with Crippen LogP contribution in [0.25, 0.3) is 0 Å². The summed E-state index contributed by atoms with van der Waals surface area (Å²) < 4.78 is 11.2. The van der Waals surface area contributed by atoms with E-state index >= 15 is 0 Å². The molecule has 2 nitrogen and oxygen atoms in total. The van der Waals surface area contributed by atoms with Crippen LogP contribution in [-0.4, -0.2) is 12.7 Å². The molecule has 0 N–H and O–H groups in total. The van der Waals surface area contributed by atoms with Crippen LogP contribution in [0.3, 0.4) is 0 Å². The summed E-state index contributed by atoms with van der Waals surface area (Å²) in [7, 11) is 0. The maximum atomic E-state index is 5.72. The Morgan fingerprint density at radius 3 is 2.36 bits per heavy atom. The molecule has 0 aromatic heterocycles. The summed E-state index contributed by atoms with van der Waals surface area (Å²) >= 11 is 0. The SMILES string of the molecule is CCOc1ccccc1OC(C)CC. The van der Waals surface area contributed by atoms with Crippen molar-refractivity contribution in [2.24, 2.45) is 0 Å². The summed E-state index contributed by atoms with van der Waals surface area (Å²) in [5, 5.41) is 0. The van der Waals surface area contributed by atoms with E-state index in [2.05, 4.69) is 13.8 Å². The molecule has 0 heterocycles. The third kappa shape index (κ3) is 2.95. The van der Waals surface area contributed by atoms with Gasteiger partial charge in [0.05, 0.1) is 12.7 Å². The molecule has 1 aromatic carbocycles. The molecule has 0 aliphatic rings. The van der Waals surface area contributed by atoms with Crippen molar-refractivity contribution in [3.63, 3.8) is 0 Å². The first kappa shape index (κ1) is 10.9. The highest BCUT2D eigenvalue weighted by molar-refractivity contribution is 5.39. The molecule has 1 aromatic rings. The van der Waals surface area contributed by atoms with Gasteiger partial charge in [0, 0.05) is 0 Å². The molecule has 78 valence electrons. The molecule has 0 saturated heterocycles. The van der Waals surface area contributed by atoms with E-state index in [0.29, 0.717) is 6.61 Å². The average Bonchev–Trinajstić information content (AvgIpc) is 2.21. The summed E-state index contributed by atoms with van der Waals surface area (Å²) in [6.45, 7) is 6.80. The topological polar surface area (TPSA) is 18.5 Å². The number of benzene rings is 1. The van der Waals surface area contributed by atoms with Gasteiger partial charge in [-0.2, -0.15) is 0 Å². The van der Waals surface area contributed by atoms with Gasteiger partial charge < -0.3 is 9.47 Å². The lowest BCUT2D eigenvalue weighted by Gasteiger charge is -2.15. The lowest BCUT2D eigenvalue weighted by Crippen LogP contribution is -2.10. The van der Waals surface area contributed by atoms with E-state index in [4.69, 9.17) is 9.47 Å². The second-order valence-corrected chi connectivity index (χ2v) is 3.22. The number of rotatable bonds is 5. The fraction of sp³-hybridized carbons (Fsp3) is 0.500. The zero-order chi connectivity index (χ0) is 10.4. The fourth-order valence-electron chi connectivity index (χ4n) is 1.12. The van der Waals surface area contributed by atoms with Crippen LogP contribution in [0.2, 0.25) is 0 Å². The summed E-state index contributed by atoms with van der Waals surface area (Å²) in [6.07, 6.45) is 1.23. The molecule has 14 heavy (non-hydrogen) atoms. The Kier molecular flexibility index (Phi) is 4.30. The third-order valence-corrected chi connectivity index (χ3v) is 2.05. The van der Waals surface area contributed by atoms with Crippen molar-refractivity contribution in [2.45, 2.75) is 33.3 Å². The fourth-order valence-corrected chi connectivity index (χ4v) is 1.12. The van der Waals surface area contributed by atoms with Crippen molar-refractivity contribution in [1.82, 2.24) is 0 Å². The van der Waals surface area contributed by atoms with Crippen molar-refractivity contribution < 1.29 is 9.47 Å². The highest BCUT2D eigenvalue weighted by Crippen LogP contribution is 2.27. The van der Waals surface area contributed by atoms with Crippen molar-refractivity contribution >= 4 is 0 Å². The summed E-state index contributed by atoms with van der Waals surface area (Å²) in [4.78, 5) is 0. The Morgan fingerprint density at radius 1 is 1.14 bits per heavy atom. The Hall–Kier alpha value is -1.18. The van der Waals surface area contributed by atoms with Gasteiger partial charge in [-0.15, -0.1) is 0 Å². The highest BCUT2D eigenvalue weighted by Gasteiger charge is 2.06. The summed E-state index contributed by atoms with van der Waals surface area (Å²) in [5.41, 5.74) is 0. The van der Waals surface area contributed by atoms with Gasteiger partial charge in [0.15, 0.2) is 11.5 Å². The van der Waals surface area contributed by atoms with Gasteiger partial charge in [0.25, 0.3) is 0 Å². The number of ether oxygens (including phenoxy) is 2. The molecule has 0 amide bonds. The first-order chi connectivity index (χ1) is 6.77. The minimum absolute atomic E-state index is 0.233. The average molecular weight is 194 g/mol. The normalized spacial score (nSPS) is 12.2. The predicted octanol–water partition coefficient (Wildman–Crippen LogP) is 3.26. The van der Waals surface area contributed by atoms with E-state index in [0.717, 1.165) is 17.9 Å². The molecule has 1 rings (SSSR count). The van der Waals surface area contributed by atoms with E-state index in [9.17, 15) is 0 Å². The second-order valence-electron chi connectivity index (χ2n) is 3.22. The van der Waals surface area contributed by atoms with Crippen molar-refractivity contribution in [3.8, 4) is 11.5 Å². The maximum Gasteiger partial charge on any atom is 0.161 e. The van der Waals surface area contributed by atoms with E-state index in [1.807, 2.05) is 31.2 Å². The molecule has 0 aliphatic carbocycles. The summed E-state index contributed by atoms with van der Waals surface area (Å²) in [6, 6.07) is 7.78. The van der Waals surface area contributed by atoms with E-state index < -0.39 is 0 Å². The van der Waals surface area contributed by atoms with Gasteiger partial charge in [-0.05, 0) is 32.4 Å². The maximum absolute atomic E-state index is 5.72. The molecule has 1 unspecified atom stereocenters. The molecule has 0 fully saturated rings. The molecule has 2 heteroatoms. The van der Waals surface area contributed by atoms with Crippen molar-refractivity contribution in [2.75, 3.05) is 6.61 Å². The standard InChI is InChI=1S/C12H18O2/c1-4-10(3)14-12-9-7-6-8-11(12)13-5-2/h6-10H,4-5H2,1-3H3. The van der Waals surface area contributed by atoms with Gasteiger partial charge in [0.1, 0.15) is 0 Å². The summed E-state index contributed by atoms with van der Waals surface area (Å²) in [5.74, 6) is 1.67. The van der Waals surface area contributed by atoms with Crippen LogP contribution in [-0.2, 0) is 0 Å². The molecular weight excluding hydrogens is 176 g/mol.